The lowest BCUT2D eigenvalue weighted by molar-refractivity contribution is -0.129. The van der Waals surface area contributed by atoms with Crippen molar-refractivity contribution in [1.29, 1.82) is 0 Å². The zero-order valence-corrected chi connectivity index (χ0v) is 22.6. The number of fused-ring (bicyclic) bond motifs is 5. The minimum absolute atomic E-state index is 0.0640. The van der Waals surface area contributed by atoms with Crippen LogP contribution in [-0.4, -0.2) is 28.8 Å². The fourth-order valence-corrected chi connectivity index (χ4v) is 10.2. The van der Waals surface area contributed by atoms with Crippen molar-refractivity contribution in [3.05, 3.63) is 0 Å². The van der Waals surface area contributed by atoms with Crippen LogP contribution < -0.4 is 0 Å². The van der Waals surface area contributed by atoms with Gasteiger partial charge in [0.25, 0.3) is 0 Å². The molecule has 0 aromatic carbocycles. The lowest BCUT2D eigenvalue weighted by Crippen LogP contribution is -2.54. The quantitative estimate of drug-likeness (QED) is 0.288. The molecule has 0 saturated heterocycles. The first kappa shape index (κ1) is 26.1. The van der Waals surface area contributed by atoms with Crippen LogP contribution in [0.3, 0.4) is 0 Å². The Hall–Kier alpha value is 0.0700. The molecule has 3 unspecified atom stereocenters. The Kier molecular flexibility index (Phi) is 7.80. The molecule has 4 fully saturated rings. The summed E-state index contributed by atoms with van der Waals surface area (Å²) >= 11 is 0. The molecule has 0 heterocycles. The fourth-order valence-electron chi connectivity index (χ4n) is 9.29. The summed E-state index contributed by atoms with van der Waals surface area (Å²) in [5.41, 5.74) is 0.882. The highest BCUT2D eigenvalue weighted by Crippen LogP contribution is 2.68. The maximum atomic E-state index is 11.9. The van der Waals surface area contributed by atoms with Crippen molar-refractivity contribution in [2.75, 3.05) is 6.61 Å². The van der Waals surface area contributed by atoms with Gasteiger partial charge in [-0.1, -0.05) is 20.8 Å². The minimum Gasteiger partial charge on any atom is -0.393 e. The first-order chi connectivity index (χ1) is 15.5. The molecule has 0 aliphatic heterocycles. The SMILES string of the molecule is CC(C)OP(=O)(O)OCCC[C@@H](C)C1CC[C@H]2[C@@H]3CCC4C[C@H](O)CC[C@]4(C)[C@H]3CC[C@]12C. The molecule has 5 nitrogen and oxygen atoms in total. The number of aliphatic hydroxyl groups excluding tert-OH is 1. The van der Waals surface area contributed by atoms with Crippen molar-refractivity contribution >= 4 is 7.82 Å². The summed E-state index contributed by atoms with van der Waals surface area (Å²) < 4.78 is 22.1. The highest BCUT2D eigenvalue weighted by atomic mass is 31.2. The number of hydrogen-bond donors (Lipinski definition) is 2. The predicted molar refractivity (Wildman–Crippen MR) is 132 cm³/mol. The fraction of sp³-hybridized carbons (Fsp3) is 1.00. The standard InChI is InChI=1S/C27H49O5P/c1-18(2)32-33(29,30)31-16-6-7-19(3)23-10-11-24-22-9-8-20-17-21(28)12-14-26(20,4)25(22)13-15-27(23,24)5/h18-25,28H,6-17H2,1-5H3,(H,29,30)/t19-,20?,21-,22+,23?,24+,25+,26+,27-/m1/s1. The van der Waals surface area contributed by atoms with E-state index in [0.29, 0.717) is 16.7 Å². The molecule has 10 atom stereocenters. The Balaban J connectivity index is 1.34. The van der Waals surface area contributed by atoms with E-state index in [2.05, 4.69) is 20.8 Å². The number of phosphoric ester groups is 1. The maximum Gasteiger partial charge on any atom is 0.472 e. The van der Waals surface area contributed by atoms with E-state index in [1.807, 2.05) is 0 Å². The Bertz CT molecular complexity index is 727. The van der Waals surface area contributed by atoms with Crippen LogP contribution in [0.15, 0.2) is 0 Å². The molecular formula is C27H49O5P. The van der Waals surface area contributed by atoms with Crippen molar-refractivity contribution in [2.45, 2.75) is 117 Å². The summed E-state index contributed by atoms with van der Waals surface area (Å²) in [5.74, 6) is 4.65. The highest BCUT2D eigenvalue weighted by molar-refractivity contribution is 7.47. The predicted octanol–water partition coefficient (Wildman–Crippen LogP) is 6.96. The van der Waals surface area contributed by atoms with Gasteiger partial charge in [0.15, 0.2) is 0 Å². The van der Waals surface area contributed by atoms with E-state index >= 15 is 0 Å². The molecular weight excluding hydrogens is 435 g/mol. The maximum absolute atomic E-state index is 11.9. The molecule has 0 bridgehead atoms. The van der Waals surface area contributed by atoms with Gasteiger partial charge in [-0.05, 0) is 131 Å². The minimum atomic E-state index is -3.93. The Morgan fingerprint density at radius 2 is 1.67 bits per heavy atom. The molecule has 192 valence electrons. The molecule has 4 rings (SSSR count). The normalized spacial score (nSPS) is 45.7. The van der Waals surface area contributed by atoms with Crippen molar-refractivity contribution in [3.8, 4) is 0 Å². The van der Waals surface area contributed by atoms with Crippen LogP contribution in [-0.2, 0) is 13.6 Å². The third kappa shape index (κ3) is 5.15. The average molecular weight is 485 g/mol. The summed E-state index contributed by atoms with van der Waals surface area (Å²) in [7, 11) is -3.93. The Morgan fingerprint density at radius 3 is 2.39 bits per heavy atom. The van der Waals surface area contributed by atoms with E-state index in [1.54, 1.807) is 13.8 Å². The number of phosphoric acid groups is 1. The van der Waals surface area contributed by atoms with E-state index in [1.165, 1.54) is 44.9 Å². The van der Waals surface area contributed by atoms with E-state index in [9.17, 15) is 14.6 Å². The van der Waals surface area contributed by atoms with Gasteiger partial charge in [0.05, 0.1) is 18.8 Å². The number of rotatable bonds is 8. The van der Waals surface area contributed by atoms with Gasteiger partial charge in [-0.2, -0.15) is 0 Å². The second-order valence-electron chi connectivity index (χ2n) is 12.9. The molecule has 0 amide bonds. The summed E-state index contributed by atoms with van der Waals surface area (Å²) in [6.07, 6.45) is 12.8. The second-order valence-corrected chi connectivity index (χ2v) is 14.3. The lowest BCUT2D eigenvalue weighted by atomic mass is 9.44. The van der Waals surface area contributed by atoms with Crippen molar-refractivity contribution in [2.24, 2.45) is 46.3 Å². The van der Waals surface area contributed by atoms with Gasteiger partial charge in [0, 0.05) is 0 Å². The molecule has 0 aromatic rings. The van der Waals surface area contributed by atoms with E-state index in [4.69, 9.17) is 9.05 Å². The Labute approximate surface area is 202 Å². The van der Waals surface area contributed by atoms with Crippen LogP contribution in [0.25, 0.3) is 0 Å². The molecule has 4 saturated carbocycles. The Morgan fingerprint density at radius 1 is 0.970 bits per heavy atom. The lowest BCUT2D eigenvalue weighted by Gasteiger charge is -2.61. The van der Waals surface area contributed by atoms with Crippen molar-refractivity contribution in [1.82, 2.24) is 0 Å². The van der Waals surface area contributed by atoms with Gasteiger partial charge in [0.2, 0.25) is 0 Å². The van der Waals surface area contributed by atoms with Crippen molar-refractivity contribution < 1.29 is 23.6 Å². The van der Waals surface area contributed by atoms with Gasteiger partial charge in [-0.25, -0.2) is 4.57 Å². The first-order valence-corrected chi connectivity index (χ1v) is 15.3. The van der Waals surface area contributed by atoms with Crippen LogP contribution in [0.2, 0.25) is 0 Å². The zero-order chi connectivity index (χ0) is 24.0. The highest BCUT2D eigenvalue weighted by Gasteiger charge is 2.60. The van der Waals surface area contributed by atoms with E-state index < -0.39 is 7.82 Å². The third-order valence-corrected chi connectivity index (χ3v) is 12.0. The average Bonchev–Trinajstić information content (AvgIpc) is 3.08. The molecule has 6 heteroatoms. The zero-order valence-electron chi connectivity index (χ0n) is 21.7. The monoisotopic (exact) mass is 484 g/mol. The van der Waals surface area contributed by atoms with Gasteiger partial charge in [-0.15, -0.1) is 0 Å². The van der Waals surface area contributed by atoms with Crippen LogP contribution in [0.1, 0.15) is 105 Å². The molecule has 2 N–H and O–H groups in total. The molecule has 0 aromatic heterocycles. The molecule has 0 spiro atoms. The van der Waals surface area contributed by atoms with Crippen molar-refractivity contribution in [3.63, 3.8) is 0 Å². The molecule has 4 aliphatic rings. The summed E-state index contributed by atoms with van der Waals surface area (Å²) in [6, 6.07) is 0. The van der Waals surface area contributed by atoms with Crippen LogP contribution in [0, 0.1) is 46.3 Å². The van der Waals surface area contributed by atoms with Gasteiger partial charge in [0.1, 0.15) is 0 Å². The van der Waals surface area contributed by atoms with Gasteiger partial charge < -0.3 is 10.00 Å². The number of hydrogen-bond acceptors (Lipinski definition) is 4. The molecule has 33 heavy (non-hydrogen) atoms. The number of aliphatic hydroxyl groups is 1. The summed E-state index contributed by atoms with van der Waals surface area (Å²) in [5, 5.41) is 10.3. The molecule has 0 radical (unpaired) electrons. The third-order valence-electron chi connectivity index (χ3n) is 10.8. The summed E-state index contributed by atoms with van der Waals surface area (Å²) in [4.78, 5) is 9.78. The summed E-state index contributed by atoms with van der Waals surface area (Å²) in [6.45, 7) is 11.3. The largest absolute Gasteiger partial charge is 0.472 e. The van der Waals surface area contributed by atoms with Crippen LogP contribution >= 0.6 is 7.82 Å². The van der Waals surface area contributed by atoms with Crippen LogP contribution in [0.5, 0.6) is 0 Å². The topological polar surface area (TPSA) is 76.0 Å². The molecule has 4 aliphatic carbocycles. The van der Waals surface area contributed by atoms with Crippen LogP contribution in [0.4, 0.5) is 0 Å². The van der Waals surface area contributed by atoms with E-state index in [-0.39, 0.29) is 18.8 Å². The second kappa shape index (κ2) is 9.85. The first-order valence-electron chi connectivity index (χ1n) is 13.8. The van der Waals surface area contributed by atoms with E-state index in [0.717, 1.165) is 55.3 Å². The smallest absolute Gasteiger partial charge is 0.393 e. The van der Waals surface area contributed by atoms with Gasteiger partial charge >= 0.3 is 7.82 Å². The van der Waals surface area contributed by atoms with Gasteiger partial charge in [-0.3, -0.25) is 9.05 Å².